The lowest BCUT2D eigenvalue weighted by molar-refractivity contribution is -0.139. The number of aliphatic carboxylic acids is 1. The first kappa shape index (κ1) is 13.6. The first-order valence-corrected chi connectivity index (χ1v) is 6.06. The van der Waals surface area contributed by atoms with E-state index in [1.54, 1.807) is 0 Å². The zero-order valence-corrected chi connectivity index (χ0v) is 9.98. The normalized spacial score (nSPS) is 13.6. The van der Waals surface area contributed by atoms with E-state index in [2.05, 4.69) is 9.68 Å². The first-order chi connectivity index (χ1) is 7.79. The number of carbonyl (C=O) groups is 1. The van der Waals surface area contributed by atoms with Crippen LogP contribution in [0.25, 0.3) is 0 Å². The number of hydrogen-bond acceptors (Lipinski definition) is 6. The van der Waals surface area contributed by atoms with E-state index in [0.717, 1.165) is 0 Å². The van der Waals surface area contributed by atoms with Crippen LogP contribution in [0, 0.1) is 13.8 Å². The maximum atomic E-state index is 11.8. The third-order valence-corrected chi connectivity index (χ3v) is 3.73. The van der Waals surface area contributed by atoms with Crippen molar-refractivity contribution in [1.82, 2.24) is 9.88 Å². The lowest BCUT2D eigenvalue weighted by Crippen LogP contribution is -2.43. The fraction of sp³-hybridized carbons (Fsp3) is 0.500. The van der Waals surface area contributed by atoms with Crippen molar-refractivity contribution in [1.29, 1.82) is 0 Å². The van der Waals surface area contributed by atoms with Gasteiger partial charge in [-0.3, -0.25) is 4.79 Å². The van der Waals surface area contributed by atoms with E-state index < -0.39 is 28.6 Å². The molecule has 1 atom stereocenters. The Hall–Kier alpha value is -1.45. The number of aryl methyl sites for hydroxylation is 2. The molecule has 0 aromatic carbocycles. The largest absolute Gasteiger partial charge is 0.480 e. The van der Waals surface area contributed by atoms with Crippen molar-refractivity contribution in [2.75, 3.05) is 6.61 Å². The molecule has 1 rings (SSSR count). The van der Waals surface area contributed by atoms with Gasteiger partial charge in [0.1, 0.15) is 16.6 Å². The lowest BCUT2D eigenvalue weighted by Gasteiger charge is -2.11. The number of aliphatic hydroxyl groups is 1. The van der Waals surface area contributed by atoms with Crippen LogP contribution in [0.5, 0.6) is 0 Å². The van der Waals surface area contributed by atoms with Gasteiger partial charge in [0.15, 0.2) is 5.76 Å². The summed E-state index contributed by atoms with van der Waals surface area (Å²) in [5.41, 5.74) is 0.122. The number of carboxylic acids is 1. The Morgan fingerprint density at radius 2 is 2.12 bits per heavy atom. The Bertz CT molecular complexity index is 501. The van der Waals surface area contributed by atoms with Crippen LogP contribution in [-0.4, -0.2) is 42.4 Å². The van der Waals surface area contributed by atoms with Crippen LogP contribution in [0.15, 0.2) is 9.42 Å². The summed E-state index contributed by atoms with van der Waals surface area (Å²) in [4.78, 5) is 10.4. The molecule has 3 N–H and O–H groups in total. The van der Waals surface area contributed by atoms with Gasteiger partial charge in [-0.2, -0.15) is 4.72 Å². The quantitative estimate of drug-likeness (QED) is 0.622. The second-order valence-electron chi connectivity index (χ2n) is 3.35. The number of carboxylic acid groups (broad SMARTS) is 1. The Kier molecular flexibility index (Phi) is 3.86. The summed E-state index contributed by atoms with van der Waals surface area (Å²) < 4.78 is 30.2. The number of hydrogen-bond donors (Lipinski definition) is 3. The summed E-state index contributed by atoms with van der Waals surface area (Å²) in [6, 6.07) is -1.60. The summed E-state index contributed by atoms with van der Waals surface area (Å²) in [6.07, 6.45) is 0. The Labute approximate surface area is 97.3 Å². The molecule has 9 heteroatoms. The van der Waals surface area contributed by atoms with E-state index in [1.165, 1.54) is 13.8 Å². The van der Waals surface area contributed by atoms with Crippen LogP contribution in [0.3, 0.4) is 0 Å². The second kappa shape index (κ2) is 4.82. The summed E-state index contributed by atoms with van der Waals surface area (Å²) in [6.45, 7) is 1.96. The van der Waals surface area contributed by atoms with Crippen molar-refractivity contribution in [3.63, 3.8) is 0 Å². The Balaban J connectivity index is 3.09. The number of rotatable bonds is 5. The molecule has 0 aliphatic heterocycles. The molecule has 0 bridgehead atoms. The van der Waals surface area contributed by atoms with Crippen molar-refractivity contribution in [3.8, 4) is 0 Å². The van der Waals surface area contributed by atoms with Crippen LogP contribution in [0.4, 0.5) is 0 Å². The molecule has 0 unspecified atom stereocenters. The predicted octanol–water partition coefficient (Wildman–Crippen LogP) is -0.985. The fourth-order valence-electron chi connectivity index (χ4n) is 1.27. The van der Waals surface area contributed by atoms with Crippen molar-refractivity contribution >= 4 is 16.0 Å². The molecule has 0 fully saturated rings. The van der Waals surface area contributed by atoms with Gasteiger partial charge in [-0.05, 0) is 13.8 Å². The first-order valence-electron chi connectivity index (χ1n) is 4.58. The monoisotopic (exact) mass is 264 g/mol. The topological polar surface area (TPSA) is 130 Å². The molecule has 1 aromatic heterocycles. The lowest BCUT2D eigenvalue weighted by atomic mass is 10.3. The zero-order valence-electron chi connectivity index (χ0n) is 9.17. The summed E-state index contributed by atoms with van der Waals surface area (Å²) in [7, 11) is -4.08. The molecule has 0 amide bonds. The van der Waals surface area contributed by atoms with E-state index in [9.17, 15) is 13.2 Å². The van der Waals surface area contributed by atoms with Crippen LogP contribution in [0.2, 0.25) is 0 Å². The molecule has 0 radical (unpaired) electrons. The van der Waals surface area contributed by atoms with Crippen molar-refractivity contribution in [3.05, 3.63) is 11.5 Å². The number of sulfonamides is 1. The van der Waals surface area contributed by atoms with Crippen molar-refractivity contribution in [2.45, 2.75) is 24.8 Å². The smallest absolute Gasteiger partial charge is 0.324 e. The van der Waals surface area contributed by atoms with E-state index in [0.29, 0.717) is 0 Å². The third kappa shape index (κ3) is 2.81. The molecule has 8 nitrogen and oxygen atoms in total. The van der Waals surface area contributed by atoms with Crippen LogP contribution in [0.1, 0.15) is 11.5 Å². The number of aromatic nitrogens is 1. The van der Waals surface area contributed by atoms with Gasteiger partial charge >= 0.3 is 5.97 Å². The summed E-state index contributed by atoms with van der Waals surface area (Å²) >= 11 is 0. The van der Waals surface area contributed by atoms with Gasteiger partial charge in [0.05, 0.1) is 6.61 Å². The fourth-order valence-corrected chi connectivity index (χ4v) is 2.78. The highest BCUT2D eigenvalue weighted by Gasteiger charge is 2.29. The average molecular weight is 264 g/mol. The Morgan fingerprint density at radius 3 is 2.47 bits per heavy atom. The van der Waals surface area contributed by atoms with E-state index in [-0.39, 0.29) is 16.3 Å². The average Bonchev–Trinajstić information content (AvgIpc) is 2.55. The number of nitrogens with zero attached hydrogens (tertiary/aromatic N) is 1. The van der Waals surface area contributed by atoms with Crippen molar-refractivity contribution in [2.24, 2.45) is 0 Å². The molecular formula is C8H12N2O6S. The summed E-state index contributed by atoms with van der Waals surface area (Å²) in [5, 5.41) is 20.9. The molecular weight excluding hydrogens is 252 g/mol. The zero-order chi connectivity index (χ0) is 13.2. The van der Waals surface area contributed by atoms with Crippen LogP contribution >= 0.6 is 0 Å². The van der Waals surface area contributed by atoms with E-state index in [1.807, 2.05) is 4.72 Å². The van der Waals surface area contributed by atoms with E-state index >= 15 is 0 Å². The second-order valence-corrected chi connectivity index (χ2v) is 5.00. The van der Waals surface area contributed by atoms with Gasteiger partial charge in [-0.1, -0.05) is 5.16 Å². The number of nitrogens with one attached hydrogen (secondary N) is 1. The third-order valence-electron chi connectivity index (χ3n) is 2.01. The standard InChI is InChI=1S/C8H12N2O6S/c1-4-7(5(2)16-9-4)17(14,15)10-6(3-11)8(12)13/h6,10-11H,3H2,1-2H3,(H,12,13)/t6-/m1/s1. The van der Waals surface area contributed by atoms with Crippen molar-refractivity contribution < 1.29 is 27.9 Å². The minimum atomic E-state index is -4.08. The number of aliphatic hydroxyl groups excluding tert-OH is 1. The predicted molar refractivity (Wildman–Crippen MR) is 54.8 cm³/mol. The van der Waals surface area contributed by atoms with Gasteiger partial charge in [0, 0.05) is 0 Å². The maximum absolute atomic E-state index is 11.8. The molecule has 96 valence electrons. The molecule has 0 aliphatic rings. The summed E-state index contributed by atoms with van der Waals surface area (Å²) in [5.74, 6) is -1.42. The molecule has 0 saturated heterocycles. The van der Waals surface area contributed by atoms with Gasteiger partial charge in [0.25, 0.3) is 0 Å². The molecule has 0 spiro atoms. The highest BCUT2D eigenvalue weighted by molar-refractivity contribution is 7.89. The van der Waals surface area contributed by atoms with Gasteiger partial charge < -0.3 is 14.7 Å². The molecule has 1 heterocycles. The van der Waals surface area contributed by atoms with Gasteiger partial charge in [-0.25, -0.2) is 8.42 Å². The molecule has 17 heavy (non-hydrogen) atoms. The highest BCUT2D eigenvalue weighted by Crippen LogP contribution is 2.18. The van der Waals surface area contributed by atoms with Gasteiger partial charge in [-0.15, -0.1) is 0 Å². The highest BCUT2D eigenvalue weighted by atomic mass is 32.2. The molecule has 0 aliphatic carbocycles. The molecule has 0 saturated carbocycles. The van der Waals surface area contributed by atoms with E-state index in [4.69, 9.17) is 10.2 Å². The van der Waals surface area contributed by atoms with Gasteiger partial charge in [0.2, 0.25) is 10.0 Å². The maximum Gasteiger partial charge on any atom is 0.324 e. The SMILES string of the molecule is Cc1noc(C)c1S(=O)(=O)N[C@H](CO)C(=O)O. The minimum Gasteiger partial charge on any atom is -0.480 e. The molecule has 1 aromatic rings. The Morgan fingerprint density at radius 1 is 1.53 bits per heavy atom. The van der Waals surface area contributed by atoms with Crippen LogP contribution < -0.4 is 4.72 Å². The minimum absolute atomic E-state index is 0.0529. The van der Waals surface area contributed by atoms with Crippen LogP contribution in [-0.2, 0) is 14.8 Å².